The molecule has 4 aromatic carbocycles. The number of ether oxygens (including phenoxy) is 2. The standard InChI is InChI=1S/C34H27FN2O5S/c1-3-41-27-17-23(13-16-26(27)42-19-21-7-5-4-6-8-21)30-29(31(38)22-11-9-20(2)10-12-22)32(39)33(40)37(30)34-36-25-15-14-24(35)18-28(25)43-34/h4-18,30,38H,3,19H2,1-2H3/b31-29+. The third kappa shape index (κ3) is 5.47. The summed E-state index contributed by atoms with van der Waals surface area (Å²) >= 11 is 1.09. The summed E-state index contributed by atoms with van der Waals surface area (Å²) in [7, 11) is 0. The number of benzene rings is 4. The molecule has 1 saturated heterocycles. The van der Waals surface area contributed by atoms with E-state index in [-0.39, 0.29) is 16.5 Å². The number of aliphatic hydroxyl groups excluding tert-OH is 1. The number of hydrogen-bond donors (Lipinski definition) is 1. The number of aromatic nitrogens is 1. The fraction of sp³-hybridized carbons (Fsp3) is 0.147. The van der Waals surface area contributed by atoms with Gasteiger partial charge in [-0.2, -0.15) is 0 Å². The Morgan fingerprint density at radius 1 is 0.953 bits per heavy atom. The Labute approximate surface area is 251 Å². The summed E-state index contributed by atoms with van der Waals surface area (Å²) in [6.45, 7) is 4.42. The van der Waals surface area contributed by atoms with Gasteiger partial charge in [-0.1, -0.05) is 77.6 Å². The van der Waals surface area contributed by atoms with E-state index in [4.69, 9.17) is 9.47 Å². The van der Waals surface area contributed by atoms with Gasteiger partial charge in [0, 0.05) is 5.56 Å². The minimum Gasteiger partial charge on any atom is -0.507 e. The van der Waals surface area contributed by atoms with E-state index in [1.54, 1.807) is 30.3 Å². The molecule has 5 aromatic rings. The van der Waals surface area contributed by atoms with Gasteiger partial charge in [0.15, 0.2) is 16.6 Å². The molecule has 1 aliphatic rings. The number of amides is 1. The first-order chi connectivity index (χ1) is 20.8. The average Bonchev–Trinajstić information content (AvgIpc) is 3.54. The number of carbonyl (C=O) groups is 2. The van der Waals surface area contributed by atoms with Crippen molar-refractivity contribution < 1.29 is 28.6 Å². The highest BCUT2D eigenvalue weighted by molar-refractivity contribution is 7.22. The second-order valence-corrected chi connectivity index (χ2v) is 11.1. The Hall–Kier alpha value is -5.02. The molecular formula is C34H27FN2O5S. The molecule has 1 amide bonds. The van der Waals surface area contributed by atoms with Gasteiger partial charge in [-0.05, 0) is 55.3 Å². The van der Waals surface area contributed by atoms with Crippen molar-refractivity contribution in [3.05, 3.63) is 125 Å². The predicted octanol–water partition coefficient (Wildman–Crippen LogP) is 7.35. The SMILES string of the molecule is CCOc1cc(C2/C(=C(\O)c3ccc(C)cc3)C(=O)C(=O)N2c2nc3ccc(F)cc3s2)ccc1OCc1ccccc1. The van der Waals surface area contributed by atoms with Crippen molar-refractivity contribution in [1.29, 1.82) is 0 Å². The van der Waals surface area contributed by atoms with Crippen LogP contribution in [0.25, 0.3) is 16.0 Å². The number of rotatable bonds is 8. The van der Waals surface area contributed by atoms with Crippen molar-refractivity contribution in [3.63, 3.8) is 0 Å². The Bertz CT molecular complexity index is 1870. The lowest BCUT2D eigenvalue weighted by atomic mass is 9.95. The number of thiazole rings is 1. The molecule has 1 fully saturated rings. The van der Waals surface area contributed by atoms with Crippen LogP contribution in [0, 0.1) is 12.7 Å². The van der Waals surface area contributed by atoms with Gasteiger partial charge in [-0.15, -0.1) is 0 Å². The molecule has 6 rings (SSSR count). The summed E-state index contributed by atoms with van der Waals surface area (Å²) < 4.78 is 26.5. The van der Waals surface area contributed by atoms with Gasteiger partial charge in [0.25, 0.3) is 5.78 Å². The Morgan fingerprint density at radius 2 is 1.72 bits per heavy atom. The first-order valence-corrected chi connectivity index (χ1v) is 14.5. The zero-order valence-electron chi connectivity index (χ0n) is 23.4. The lowest BCUT2D eigenvalue weighted by Crippen LogP contribution is -2.29. The number of aliphatic hydroxyl groups is 1. The highest BCUT2D eigenvalue weighted by atomic mass is 32.1. The van der Waals surface area contributed by atoms with Crippen molar-refractivity contribution in [2.75, 3.05) is 11.5 Å². The number of hydrogen-bond acceptors (Lipinski definition) is 7. The number of aryl methyl sites for hydroxylation is 1. The molecule has 0 saturated carbocycles. The van der Waals surface area contributed by atoms with E-state index in [9.17, 15) is 19.1 Å². The molecule has 0 radical (unpaired) electrons. The van der Waals surface area contributed by atoms with Crippen LogP contribution in [0.5, 0.6) is 11.5 Å². The maximum atomic E-state index is 14.0. The van der Waals surface area contributed by atoms with Crippen LogP contribution in [0.15, 0.2) is 96.6 Å². The normalized spacial score (nSPS) is 16.2. The number of nitrogens with zero attached hydrogens (tertiary/aromatic N) is 2. The van der Waals surface area contributed by atoms with Crippen LogP contribution < -0.4 is 14.4 Å². The lowest BCUT2D eigenvalue weighted by Gasteiger charge is -2.24. The third-order valence-electron chi connectivity index (χ3n) is 7.14. The highest BCUT2D eigenvalue weighted by Crippen LogP contribution is 2.46. The molecule has 9 heteroatoms. The smallest absolute Gasteiger partial charge is 0.301 e. The molecule has 1 atom stereocenters. The van der Waals surface area contributed by atoms with Crippen LogP contribution in [-0.2, 0) is 16.2 Å². The molecular weight excluding hydrogens is 567 g/mol. The zero-order chi connectivity index (χ0) is 30.1. The van der Waals surface area contributed by atoms with Crippen molar-refractivity contribution in [2.45, 2.75) is 26.5 Å². The Morgan fingerprint density at radius 3 is 2.47 bits per heavy atom. The predicted molar refractivity (Wildman–Crippen MR) is 164 cm³/mol. The summed E-state index contributed by atoms with van der Waals surface area (Å²) in [6, 6.07) is 25.0. The summed E-state index contributed by atoms with van der Waals surface area (Å²) in [5, 5.41) is 11.7. The molecule has 216 valence electrons. The fourth-order valence-electron chi connectivity index (χ4n) is 5.02. The first kappa shape index (κ1) is 28.1. The second kappa shape index (κ2) is 11.7. The topological polar surface area (TPSA) is 89.0 Å². The van der Waals surface area contributed by atoms with Crippen LogP contribution in [0.1, 0.15) is 35.2 Å². The number of fused-ring (bicyclic) bond motifs is 1. The number of halogens is 1. The van der Waals surface area contributed by atoms with Gasteiger partial charge < -0.3 is 14.6 Å². The minimum absolute atomic E-state index is 0.0836. The van der Waals surface area contributed by atoms with Crippen molar-refractivity contribution in [2.24, 2.45) is 0 Å². The van der Waals surface area contributed by atoms with Gasteiger partial charge in [0.1, 0.15) is 18.2 Å². The van der Waals surface area contributed by atoms with Crippen LogP contribution >= 0.6 is 11.3 Å². The summed E-state index contributed by atoms with van der Waals surface area (Å²) in [4.78, 5) is 33.1. The number of Topliss-reactive ketones (excluding diaryl/α,β-unsaturated/α-hetero) is 1. The molecule has 1 unspecified atom stereocenters. The van der Waals surface area contributed by atoms with Gasteiger partial charge in [-0.25, -0.2) is 9.37 Å². The van der Waals surface area contributed by atoms with Crippen LogP contribution in [0.3, 0.4) is 0 Å². The molecule has 7 nitrogen and oxygen atoms in total. The van der Waals surface area contributed by atoms with Crippen LogP contribution in [-0.4, -0.2) is 28.4 Å². The average molecular weight is 595 g/mol. The van der Waals surface area contributed by atoms with E-state index in [0.717, 1.165) is 22.5 Å². The van der Waals surface area contributed by atoms with Crippen molar-refractivity contribution >= 4 is 44.1 Å². The Kier molecular flexibility index (Phi) is 7.65. The monoisotopic (exact) mass is 594 g/mol. The maximum Gasteiger partial charge on any atom is 0.301 e. The zero-order valence-corrected chi connectivity index (χ0v) is 24.2. The highest BCUT2D eigenvalue weighted by Gasteiger charge is 2.48. The largest absolute Gasteiger partial charge is 0.507 e. The maximum absolute atomic E-state index is 14.0. The molecule has 43 heavy (non-hydrogen) atoms. The molecule has 0 aliphatic carbocycles. The lowest BCUT2D eigenvalue weighted by molar-refractivity contribution is -0.132. The molecule has 0 bridgehead atoms. The minimum atomic E-state index is -1.03. The van der Waals surface area contributed by atoms with Crippen molar-refractivity contribution in [3.8, 4) is 11.5 Å². The Balaban J connectivity index is 1.49. The fourth-order valence-corrected chi connectivity index (χ4v) is 6.04. The summed E-state index contributed by atoms with van der Waals surface area (Å²) in [6.07, 6.45) is 0. The van der Waals surface area contributed by atoms with E-state index in [2.05, 4.69) is 4.98 Å². The number of ketones is 1. The summed E-state index contributed by atoms with van der Waals surface area (Å²) in [5.74, 6) is -1.53. The van der Waals surface area contributed by atoms with Gasteiger partial charge >= 0.3 is 5.91 Å². The van der Waals surface area contributed by atoms with E-state index in [0.29, 0.717) is 46.1 Å². The third-order valence-corrected chi connectivity index (χ3v) is 8.15. The second-order valence-electron chi connectivity index (χ2n) is 10.1. The van der Waals surface area contributed by atoms with Gasteiger partial charge in [0.2, 0.25) is 0 Å². The van der Waals surface area contributed by atoms with Crippen LogP contribution in [0.4, 0.5) is 9.52 Å². The first-order valence-electron chi connectivity index (χ1n) is 13.7. The molecule has 1 aliphatic heterocycles. The number of carbonyl (C=O) groups excluding carboxylic acids is 2. The van der Waals surface area contributed by atoms with E-state index in [1.807, 2.05) is 56.3 Å². The van der Waals surface area contributed by atoms with E-state index < -0.39 is 23.5 Å². The molecule has 2 heterocycles. The number of anilines is 1. The molecule has 0 spiro atoms. The van der Waals surface area contributed by atoms with Gasteiger partial charge in [-0.3, -0.25) is 14.5 Å². The van der Waals surface area contributed by atoms with Crippen molar-refractivity contribution in [1.82, 2.24) is 4.98 Å². The van der Waals surface area contributed by atoms with Gasteiger partial charge in [0.05, 0.1) is 28.4 Å². The molecule has 1 N–H and O–H groups in total. The van der Waals surface area contributed by atoms with E-state index >= 15 is 0 Å². The summed E-state index contributed by atoms with van der Waals surface area (Å²) in [5.41, 5.74) is 3.26. The van der Waals surface area contributed by atoms with Crippen LogP contribution in [0.2, 0.25) is 0 Å². The quantitative estimate of drug-likeness (QED) is 0.115. The molecule has 1 aromatic heterocycles. The van der Waals surface area contributed by atoms with E-state index in [1.165, 1.54) is 23.1 Å².